The zero-order valence-electron chi connectivity index (χ0n) is 14.6. The fourth-order valence-corrected chi connectivity index (χ4v) is 4.78. The first-order chi connectivity index (χ1) is 12.4. The van der Waals surface area contributed by atoms with Gasteiger partial charge in [-0.3, -0.25) is 4.79 Å². The minimum absolute atomic E-state index is 0.103. The molecule has 0 amide bonds. The molecule has 0 saturated carbocycles. The summed E-state index contributed by atoms with van der Waals surface area (Å²) in [5.74, 6) is -0.103. The van der Waals surface area contributed by atoms with Crippen molar-refractivity contribution >= 4 is 15.8 Å². The molecule has 1 heterocycles. The summed E-state index contributed by atoms with van der Waals surface area (Å²) in [6.45, 7) is 2.03. The lowest BCUT2D eigenvalue weighted by Crippen LogP contribution is -2.44. The van der Waals surface area contributed by atoms with Crippen LogP contribution in [-0.2, 0) is 15.4 Å². The topological polar surface area (TPSA) is 78.2 Å². The summed E-state index contributed by atoms with van der Waals surface area (Å²) in [5, 5.41) is 9.73. The molecule has 6 heteroatoms. The van der Waals surface area contributed by atoms with Gasteiger partial charge in [0.2, 0.25) is 10.0 Å². The van der Waals surface area contributed by atoms with E-state index in [1.807, 2.05) is 30.3 Å². The molecule has 5 nitrogen and oxygen atoms in total. The zero-order valence-corrected chi connectivity index (χ0v) is 15.4. The van der Waals surface area contributed by atoms with Crippen molar-refractivity contribution < 1.29 is 13.2 Å². The van der Waals surface area contributed by atoms with Crippen LogP contribution in [0, 0.1) is 11.3 Å². The summed E-state index contributed by atoms with van der Waals surface area (Å²) in [5.41, 5.74) is 0.770. The fourth-order valence-electron chi connectivity index (χ4n) is 3.34. The number of rotatable bonds is 4. The normalized spacial score (nSPS) is 17.4. The van der Waals surface area contributed by atoms with Crippen molar-refractivity contribution in [3.05, 3.63) is 65.7 Å². The van der Waals surface area contributed by atoms with Gasteiger partial charge in [0.05, 0.1) is 16.4 Å². The number of hydrogen-bond donors (Lipinski definition) is 0. The second-order valence-electron chi connectivity index (χ2n) is 6.54. The molecule has 1 aliphatic heterocycles. The minimum Gasteiger partial charge on any atom is -0.295 e. The predicted molar refractivity (Wildman–Crippen MR) is 98.2 cm³/mol. The Labute approximate surface area is 153 Å². The highest BCUT2D eigenvalue weighted by molar-refractivity contribution is 7.89. The van der Waals surface area contributed by atoms with E-state index in [-0.39, 0.29) is 10.7 Å². The van der Waals surface area contributed by atoms with Gasteiger partial charge in [0.25, 0.3) is 0 Å². The van der Waals surface area contributed by atoms with Crippen molar-refractivity contribution in [1.82, 2.24) is 4.31 Å². The van der Waals surface area contributed by atoms with Gasteiger partial charge in [-0.2, -0.15) is 9.57 Å². The van der Waals surface area contributed by atoms with Crippen LogP contribution < -0.4 is 0 Å². The van der Waals surface area contributed by atoms with E-state index in [4.69, 9.17) is 0 Å². The molecular formula is C20H20N2O3S. The highest BCUT2D eigenvalue weighted by Crippen LogP contribution is 2.36. The van der Waals surface area contributed by atoms with Crippen LogP contribution in [0.3, 0.4) is 0 Å². The molecule has 1 aliphatic rings. The molecule has 0 aromatic heterocycles. The Morgan fingerprint density at radius 1 is 1.04 bits per heavy atom. The maximum Gasteiger partial charge on any atom is 0.243 e. The molecule has 3 rings (SSSR count). The Morgan fingerprint density at radius 3 is 2.12 bits per heavy atom. The van der Waals surface area contributed by atoms with E-state index >= 15 is 0 Å². The molecule has 2 aromatic carbocycles. The van der Waals surface area contributed by atoms with E-state index in [1.54, 1.807) is 0 Å². The van der Waals surface area contributed by atoms with Crippen molar-refractivity contribution in [2.24, 2.45) is 0 Å². The van der Waals surface area contributed by atoms with Crippen molar-refractivity contribution in [2.45, 2.75) is 30.1 Å². The number of sulfonamides is 1. The quantitative estimate of drug-likeness (QED) is 0.777. The number of Topliss-reactive ketones (excluding diaryl/α,β-unsaturated/α-hetero) is 1. The average Bonchev–Trinajstić information content (AvgIpc) is 2.68. The first kappa shape index (κ1) is 18.3. The second-order valence-corrected chi connectivity index (χ2v) is 8.48. The summed E-state index contributed by atoms with van der Waals surface area (Å²) >= 11 is 0. The lowest BCUT2D eigenvalue weighted by Gasteiger charge is -2.36. The van der Waals surface area contributed by atoms with Crippen LogP contribution in [0.15, 0.2) is 59.5 Å². The van der Waals surface area contributed by atoms with Gasteiger partial charge in [-0.1, -0.05) is 42.5 Å². The van der Waals surface area contributed by atoms with Crippen LogP contribution in [-0.4, -0.2) is 31.6 Å². The van der Waals surface area contributed by atoms with Crippen LogP contribution in [0.1, 0.15) is 35.7 Å². The van der Waals surface area contributed by atoms with Gasteiger partial charge in [0, 0.05) is 18.7 Å². The molecule has 2 aromatic rings. The highest BCUT2D eigenvalue weighted by Gasteiger charge is 2.40. The Hall–Kier alpha value is -2.49. The third kappa shape index (κ3) is 3.28. The number of hydrogen-bond acceptors (Lipinski definition) is 4. The molecular weight excluding hydrogens is 348 g/mol. The van der Waals surface area contributed by atoms with Crippen molar-refractivity contribution in [3.8, 4) is 6.07 Å². The van der Waals surface area contributed by atoms with Gasteiger partial charge in [-0.25, -0.2) is 8.42 Å². The first-order valence-electron chi connectivity index (χ1n) is 8.47. The predicted octanol–water partition coefficient (Wildman–Crippen LogP) is 3.14. The second kappa shape index (κ2) is 7.02. The fraction of sp³-hybridized carbons (Fsp3) is 0.300. The van der Waals surface area contributed by atoms with E-state index < -0.39 is 15.4 Å². The van der Waals surface area contributed by atoms with Gasteiger partial charge in [0.1, 0.15) is 0 Å². The Bertz CT molecular complexity index is 937. The minimum atomic E-state index is -3.63. The molecule has 26 heavy (non-hydrogen) atoms. The van der Waals surface area contributed by atoms with Gasteiger partial charge in [-0.05, 0) is 37.5 Å². The molecule has 0 N–H and O–H groups in total. The highest BCUT2D eigenvalue weighted by atomic mass is 32.2. The summed E-state index contributed by atoms with van der Waals surface area (Å²) in [6, 6.07) is 17.9. The van der Waals surface area contributed by atoms with Gasteiger partial charge in [-0.15, -0.1) is 0 Å². The van der Waals surface area contributed by atoms with E-state index in [0.717, 1.165) is 5.56 Å². The number of carbonyl (C=O) groups excluding carboxylic acids is 1. The van der Waals surface area contributed by atoms with E-state index in [2.05, 4.69) is 6.07 Å². The standard InChI is InChI=1S/C20H20N2O3S/c1-16(23)17-7-9-19(10-8-17)26(24,25)22-13-11-20(15-21,12-14-22)18-5-3-2-4-6-18/h2-10H,11-14H2,1H3. The summed E-state index contributed by atoms with van der Waals surface area (Å²) < 4.78 is 27.1. The van der Waals surface area contributed by atoms with E-state index in [1.165, 1.54) is 35.5 Å². The van der Waals surface area contributed by atoms with Crippen LogP contribution >= 0.6 is 0 Å². The summed E-state index contributed by atoms with van der Waals surface area (Å²) in [7, 11) is -3.63. The van der Waals surface area contributed by atoms with Crippen LogP contribution in [0.5, 0.6) is 0 Å². The lowest BCUT2D eigenvalue weighted by atomic mass is 9.74. The number of carbonyl (C=O) groups is 1. The molecule has 1 saturated heterocycles. The maximum atomic E-state index is 12.9. The molecule has 0 bridgehead atoms. The molecule has 0 aliphatic carbocycles. The third-order valence-electron chi connectivity index (χ3n) is 5.01. The molecule has 0 atom stereocenters. The van der Waals surface area contributed by atoms with Crippen molar-refractivity contribution in [3.63, 3.8) is 0 Å². The SMILES string of the molecule is CC(=O)c1ccc(S(=O)(=O)N2CCC(C#N)(c3ccccc3)CC2)cc1. The van der Waals surface area contributed by atoms with Crippen molar-refractivity contribution in [1.29, 1.82) is 5.26 Å². The van der Waals surface area contributed by atoms with Gasteiger partial charge in [0.15, 0.2) is 5.78 Å². The average molecular weight is 368 g/mol. The van der Waals surface area contributed by atoms with Gasteiger partial charge >= 0.3 is 0 Å². The number of ketones is 1. The van der Waals surface area contributed by atoms with Crippen LogP contribution in [0.25, 0.3) is 0 Å². The van der Waals surface area contributed by atoms with E-state index in [9.17, 15) is 18.5 Å². The van der Waals surface area contributed by atoms with Crippen LogP contribution in [0.2, 0.25) is 0 Å². The van der Waals surface area contributed by atoms with E-state index in [0.29, 0.717) is 31.5 Å². The smallest absolute Gasteiger partial charge is 0.243 e. The molecule has 0 radical (unpaired) electrons. The zero-order chi connectivity index (χ0) is 18.8. The van der Waals surface area contributed by atoms with Gasteiger partial charge < -0.3 is 0 Å². The largest absolute Gasteiger partial charge is 0.295 e. The number of piperidine rings is 1. The first-order valence-corrected chi connectivity index (χ1v) is 9.91. The number of benzene rings is 2. The summed E-state index contributed by atoms with van der Waals surface area (Å²) in [4.78, 5) is 11.5. The molecule has 1 fully saturated rings. The molecule has 0 spiro atoms. The third-order valence-corrected chi connectivity index (χ3v) is 6.93. The lowest BCUT2D eigenvalue weighted by molar-refractivity contribution is 0.101. The Balaban J connectivity index is 1.80. The summed E-state index contributed by atoms with van der Waals surface area (Å²) in [6.07, 6.45) is 0.913. The number of nitriles is 1. The van der Waals surface area contributed by atoms with Crippen LogP contribution in [0.4, 0.5) is 0 Å². The molecule has 134 valence electrons. The number of nitrogens with zero attached hydrogens (tertiary/aromatic N) is 2. The van der Waals surface area contributed by atoms with Crippen molar-refractivity contribution in [2.75, 3.05) is 13.1 Å². The molecule has 0 unspecified atom stereocenters. The maximum absolute atomic E-state index is 12.9. The Kier molecular flexibility index (Phi) is 4.94. The monoisotopic (exact) mass is 368 g/mol. The Morgan fingerprint density at radius 2 is 1.62 bits per heavy atom.